The van der Waals surface area contributed by atoms with Crippen LogP contribution in [0.3, 0.4) is 0 Å². The number of benzene rings is 15. The average molecular weight is 1230 g/mol. The van der Waals surface area contributed by atoms with Crippen LogP contribution in [0.4, 0.5) is 0 Å². The van der Waals surface area contributed by atoms with Crippen LogP contribution in [-0.2, 0) is 38.5 Å². The molecule has 0 aromatic heterocycles. The highest BCUT2D eigenvalue weighted by atomic mass is 14.3. The molecule has 0 atom stereocenters. The first-order valence-corrected chi connectivity index (χ1v) is 34.7. The van der Waals surface area contributed by atoms with Gasteiger partial charge >= 0.3 is 0 Å². The predicted molar refractivity (Wildman–Crippen MR) is 406 cm³/mol. The van der Waals surface area contributed by atoms with Gasteiger partial charge in [0, 0.05) is 0 Å². The molecule has 1 heteroatoms. The van der Waals surface area contributed by atoms with Crippen molar-refractivity contribution in [2.75, 3.05) is 0 Å². The third-order valence-electron chi connectivity index (χ3n) is 22.8. The van der Waals surface area contributed by atoms with Gasteiger partial charge in [-0.1, -0.05) is 308 Å². The number of fused-ring (bicyclic) bond motifs is 18. The minimum atomic E-state index is -0.259. The van der Waals surface area contributed by atoms with E-state index < -0.39 is 0 Å². The standard InChI is InChI=1S/C96H63B/c1-7-25-73-58(19-1)52-91-79(31-13-37-85(73)91)64-43-65(80-32-14-38-86-74-26-8-2-20-59(74)53-92(80)86)47-70(46-64)97(71-48-66(81-33-15-39-87-75-27-9-3-21-60(75)54-93(81)87)44-67(49-71)82-34-16-40-88-76-28-10-4-22-61(76)55-94(82)88)72-50-68(83-35-17-41-89-77-29-11-5-23-62(77)56-95(83)89)45-69(51-72)84-36-18-42-90-78-30-12-6-24-63(78)57-96(84)90/h1-51H,52-57H2. The molecule has 0 saturated heterocycles. The van der Waals surface area contributed by atoms with Crippen LogP contribution in [-0.4, -0.2) is 6.71 Å². The lowest BCUT2D eigenvalue weighted by atomic mass is 9.36. The van der Waals surface area contributed by atoms with Crippen molar-refractivity contribution in [3.8, 4) is 134 Å². The Hall–Kier alpha value is -11.6. The monoisotopic (exact) mass is 1230 g/mol. The van der Waals surface area contributed by atoms with Crippen molar-refractivity contribution in [2.24, 2.45) is 0 Å². The molecule has 15 aromatic rings. The molecular weight excluding hydrogens is 1160 g/mol. The zero-order valence-electron chi connectivity index (χ0n) is 53.8. The van der Waals surface area contributed by atoms with Gasteiger partial charge in [0.05, 0.1) is 0 Å². The molecule has 15 aromatic carbocycles. The summed E-state index contributed by atoms with van der Waals surface area (Å²) in [5.74, 6) is 0. The Morgan fingerprint density at radius 1 is 0.144 bits per heavy atom. The van der Waals surface area contributed by atoms with Crippen molar-refractivity contribution in [3.63, 3.8) is 0 Å². The van der Waals surface area contributed by atoms with Crippen molar-refractivity contribution >= 4 is 23.1 Å². The second-order valence-electron chi connectivity index (χ2n) is 28.0. The van der Waals surface area contributed by atoms with Crippen LogP contribution in [0.5, 0.6) is 0 Å². The molecule has 450 valence electrons. The summed E-state index contributed by atoms with van der Waals surface area (Å²) in [7, 11) is 0. The van der Waals surface area contributed by atoms with Gasteiger partial charge in [-0.25, -0.2) is 0 Å². The van der Waals surface area contributed by atoms with Gasteiger partial charge in [-0.3, -0.25) is 0 Å². The topological polar surface area (TPSA) is 0 Å². The Morgan fingerprint density at radius 3 is 0.485 bits per heavy atom. The SMILES string of the molecule is c1ccc2c(c1)Cc1c(-c3cc(B(c4cc(-c5cccc6c5Cc5ccccc5-6)cc(-c5cccc6c5Cc5ccccc5-6)c4)c4cc(-c5cccc6c5Cc5ccccc5-6)cc(-c5cccc6c5Cc5ccccc5-6)c4)cc(-c4cccc5c4Cc4ccccc4-5)c3)cccc1-2. The third kappa shape index (κ3) is 8.57. The minimum absolute atomic E-state index is 0.259. The fourth-order valence-corrected chi connectivity index (χ4v) is 18.5. The molecule has 6 aliphatic rings. The van der Waals surface area contributed by atoms with E-state index in [4.69, 9.17) is 0 Å². The first-order valence-electron chi connectivity index (χ1n) is 34.7. The zero-order chi connectivity index (χ0) is 63.4. The van der Waals surface area contributed by atoms with Crippen LogP contribution < -0.4 is 16.4 Å². The number of rotatable bonds is 9. The lowest BCUT2D eigenvalue weighted by Crippen LogP contribution is -2.52. The fourth-order valence-electron chi connectivity index (χ4n) is 18.5. The largest absolute Gasteiger partial charge is 0.241 e. The van der Waals surface area contributed by atoms with Crippen LogP contribution >= 0.6 is 0 Å². The van der Waals surface area contributed by atoms with Crippen LogP contribution in [0.1, 0.15) is 66.8 Å². The summed E-state index contributed by atoms with van der Waals surface area (Å²) in [6.07, 6.45) is 5.36. The van der Waals surface area contributed by atoms with Gasteiger partial charge in [0.1, 0.15) is 0 Å². The lowest BCUT2D eigenvalue weighted by Gasteiger charge is -2.24. The van der Waals surface area contributed by atoms with Crippen molar-refractivity contribution in [1.82, 2.24) is 0 Å². The summed E-state index contributed by atoms with van der Waals surface area (Å²) in [5.41, 5.74) is 52.0. The quantitative estimate of drug-likeness (QED) is 0.126. The van der Waals surface area contributed by atoms with E-state index in [0.717, 1.165) is 38.5 Å². The Kier molecular flexibility index (Phi) is 12.1. The Balaban J connectivity index is 0.873. The average Bonchev–Trinajstić information content (AvgIpc) is 1.76. The Bertz CT molecular complexity index is 4990. The Labute approximate surface area is 567 Å². The highest BCUT2D eigenvalue weighted by molar-refractivity contribution is 6.95. The van der Waals surface area contributed by atoms with Gasteiger partial charge in [0.25, 0.3) is 0 Å². The molecule has 21 rings (SSSR count). The van der Waals surface area contributed by atoms with E-state index in [1.807, 2.05) is 0 Å². The summed E-state index contributed by atoms with van der Waals surface area (Å²) in [4.78, 5) is 0. The molecular formula is C96H63B. The van der Waals surface area contributed by atoms with E-state index in [-0.39, 0.29) is 6.71 Å². The molecule has 0 spiro atoms. The van der Waals surface area contributed by atoms with Gasteiger partial charge in [-0.15, -0.1) is 0 Å². The van der Waals surface area contributed by atoms with E-state index in [1.165, 1.54) is 217 Å². The van der Waals surface area contributed by atoms with E-state index in [9.17, 15) is 0 Å². The summed E-state index contributed by atoms with van der Waals surface area (Å²) >= 11 is 0. The summed E-state index contributed by atoms with van der Waals surface area (Å²) in [6, 6.07) is 120. The van der Waals surface area contributed by atoms with Crippen LogP contribution in [0, 0.1) is 0 Å². The van der Waals surface area contributed by atoms with Crippen molar-refractivity contribution < 1.29 is 0 Å². The van der Waals surface area contributed by atoms with Crippen molar-refractivity contribution in [2.45, 2.75) is 38.5 Å². The molecule has 0 amide bonds. The van der Waals surface area contributed by atoms with E-state index >= 15 is 0 Å². The molecule has 0 saturated carbocycles. The van der Waals surface area contributed by atoms with Crippen molar-refractivity contribution in [3.05, 3.63) is 376 Å². The first kappa shape index (κ1) is 54.7. The lowest BCUT2D eigenvalue weighted by molar-refractivity contribution is 1.26. The second kappa shape index (κ2) is 21.4. The van der Waals surface area contributed by atoms with E-state index in [1.54, 1.807) is 0 Å². The molecule has 0 radical (unpaired) electrons. The molecule has 97 heavy (non-hydrogen) atoms. The maximum atomic E-state index is 2.62. The maximum Gasteiger partial charge on any atom is 0.241 e. The smallest absolute Gasteiger partial charge is 0.0674 e. The fraction of sp³-hybridized carbons (Fsp3) is 0.0625. The molecule has 0 bridgehead atoms. The second-order valence-corrected chi connectivity index (χ2v) is 28.0. The summed E-state index contributed by atoms with van der Waals surface area (Å²) in [6.45, 7) is -0.259. The highest BCUT2D eigenvalue weighted by Gasteiger charge is 2.33. The molecule has 6 aliphatic carbocycles. The molecule has 0 N–H and O–H groups in total. The Morgan fingerprint density at radius 2 is 0.299 bits per heavy atom. The van der Waals surface area contributed by atoms with Crippen LogP contribution in [0.2, 0.25) is 0 Å². The van der Waals surface area contributed by atoms with Gasteiger partial charge in [-0.05, 0) is 257 Å². The third-order valence-corrected chi connectivity index (χ3v) is 22.8. The molecule has 0 heterocycles. The minimum Gasteiger partial charge on any atom is -0.0674 e. The summed E-state index contributed by atoms with van der Waals surface area (Å²) < 4.78 is 0. The molecule has 0 nitrogen and oxygen atoms in total. The number of hydrogen-bond acceptors (Lipinski definition) is 0. The van der Waals surface area contributed by atoms with Gasteiger partial charge in [0.2, 0.25) is 6.71 Å². The van der Waals surface area contributed by atoms with Crippen LogP contribution in [0.25, 0.3) is 134 Å². The number of hydrogen-bond donors (Lipinski definition) is 0. The van der Waals surface area contributed by atoms with E-state index in [2.05, 4.69) is 309 Å². The maximum absolute atomic E-state index is 2.62. The van der Waals surface area contributed by atoms with Crippen molar-refractivity contribution in [1.29, 1.82) is 0 Å². The predicted octanol–water partition coefficient (Wildman–Crippen LogP) is 21.6. The van der Waals surface area contributed by atoms with Gasteiger partial charge in [-0.2, -0.15) is 0 Å². The molecule has 0 aliphatic heterocycles. The molecule has 0 unspecified atom stereocenters. The zero-order valence-corrected chi connectivity index (χ0v) is 53.8. The normalized spacial score (nSPS) is 13.1. The van der Waals surface area contributed by atoms with E-state index in [0.29, 0.717) is 0 Å². The first-order chi connectivity index (χ1) is 48.0. The van der Waals surface area contributed by atoms with Crippen LogP contribution in [0.15, 0.2) is 309 Å². The molecule has 0 fully saturated rings. The summed E-state index contributed by atoms with van der Waals surface area (Å²) in [5, 5.41) is 0. The highest BCUT2D eigenvalue weighted by Crippen LogP contribution is 2.50. The van der Waals surface area contributed by atoms with Gasteiger partial charge < -0.3 is 0 Å². The van der Waals surface area contributed by atoms with Gasteiger partial charge in [0.15, 0.2) is 0 Å².